The lowest BCUT2D eigenvalue weighted by atomic mass is 10.2. The average Bonchev–Trinajstić information content (AvgIpc) is 2.44. The fraction of sp³-hybridized carbons (Fsp3) is 0.467. The standard InChI is InChI=1S/C15H20Cl2N2O3/c1-2-3-4-5-19(6-7-20)15(22)14(21)18-13-9-11(16)8-12(17)10-13/h8-10,20H,2-7H2,1H3,(H,18,21). The van der Waals surface area contributed by atoms with Crippen LogP contribution in [0.4, 0.5) is 5.69 Å². The second kappa shape index (κ2) is 9.66. The second-order valence-electron chi connectivity index (χ2n) is 4.84. The largest absolute Gasteiger partial charge is 0.395 e. The molecule has 122 valence electrons. The maximum absolute atomic E-state index is 12.1. The van der Waals surface area contributed by atoms with Crippen LogP contribution >= 0.6 is 23.2 Å². The summed E-state index contributed by atoms with van der Waals surface area (Å²) in [7, 11) is 0. The number of aliphatic hydroxyl groups excluding tert-OH is 1. The Morgan fingerprint density at radius 2 is 1.77 bits per heavy atom. The number of nitrogens with one attached hydrogen (secondary N) is 1. The van der Waals surface area contributed by atoms with Crippen LogP contribution in [0.25, 0.3) is 0 Å². The van der Waals surface area contributed by atoms with E-state index in [9.17, 15) is 9.59 Å². The number of carbonyl (C=O) groups excluding carboxylic acids is 2. The topological polar surface area (TPSA) is 69.6 Å². The Morgan fingerprint density at radius 3 is 2.32 bits per heavy atom. The van der Waals surface area contributed by atoms with Gasteiger partial charge in [0.1, 0.15) is 0 Å². The number of carbonyl (C=O) groups is 2. The Morgan fingerprint density at radius 1 is 1.14 bits per heavy atom. The SMILES string of the molecule is CCCCCN(CCO)C(=O)C(=O)Nc1cc(Cl)cc(Cl)c1. The molecule has 1 rings (SSSR count). The molecular formula is C15H20Cl2N2O3. The van der Waals surface area contributed by atoms with Gasteiger partial charge in [0.25, 0.3) is 0 Å². The third kappa shape index (κ3) is 6.22. The highest BCUT2D eigenvalue weighted by atomic mass is 35.5. The Balaban J connectivity index is 2.69. The molecule has 2 amide bonds. The lowest BCUT2D eigenvalue weighted by molar-refractivity contribution is -0.143. The molecule has 0 spiro atoms. The van der Waals surface area contributed by atoms with Gasteiger partial charge in [-0.25, -0.2) is 0 Å². The second-order valence-corrected chi connectivity index (χ2v) is 5.71. The number of halogens is 2. The summed E-state index contributed by atoms with van der Waals surface area (Å²) >= 11 is 11.7. The van der Waals surface area contributed by atoms with Crippen molar-refractivity contribution in [1.29, 1.82) is 0 Å². The van der Waals surface area contributed by atoms with Crippen LogP contribution in [0.15, 0.2) is 18.2 Å². The third-order valence-electron chi connectivity index (χ3n) is 3.00. The van der Waals surface area contributed by atoms with Crippen molar-refractivity contribution in [2.24, 2.45) is 0 Å². The smallest absolute Gasteiger partial charge is 0.313 e. The zero-order chi connectivity index (χ0) is 16.5. The molecule has 0 fully saturated rings. The number of hydrogen-bond donors (Lipinski definition) is 2. The number of aliphatic hydroxyl groups is 1. The number of rotatable bonds is 7. The van der Waals surface area contributed by atoms with E-state index in [0.717, 1.165) is 19.3 Å². The Kier molecular flexibility index (Phi) is 8.24. The molecule has 0 saturated heterocycles. The van der Waals surface area contributed by atoms with E-state index in [-0.39, 0.29) is 13.2 Å². The maximum atomic E-state index is 12.1. The molecule has 7 heteroatoms. The molecule has 0 aliphatic heterocycles. The van der Waals surface area contributed by atoms with E-state index >= 15 is 0 Å². The van der Waals surface area contributed by atoms with Gasteiger partial charge in [-0.2, -0.15) is 0 Å². The van der Waals surface area contributed by atoms with E-state index < -0.39 is 11.8 Å². The van der Waals surface area contributed by atoms with Gasteiger partial charge < -0.3 is 15.3 Å². The summed E-state index contributed by atoms with van der Waals surface area (Å²) in [6, 6.07) is 4.54. The van der Waals surface area contributed by atoms with E-state index in [0.29, 0.717) is 22.3 Å². The zero-order valence-electron chi connectivity index (χ0n) is 12.4. The number of anilines is 1. The van der Waals surface area contributed by atoms with Crippen LogP contribution in [-0.2, 0) is 9.59 Å². The minimum Gasteiger partial charge on any atom is -0.395 e. The minimum absolute atomic E-state index is 0.131. The molecule has 0 radical (unpaired) electrons. The summed E-state index contributed by atoms with van der Waals surface area (Å²) in [5.41, 5.74) is 0.355. The fourth-order valence-electron chi connectivity index (χ4n) is 1.94. The fourth-order valence-corrected chi connectivity index (χ4v) is 2.47. The first-order valence-electron chi connectivity index (χ1n) is 7.15. The monoisotopic (exact) mass is 346 g/mol. The van der Waals surface area contributed by atoms with Crippen molar-refractivity contribution in [1.82, 2.24) is 4.90 Å². The Labute approximate surface area is 140 Å². The molecule has 2 N–H and O–H groups in total. The van der Waals surface area contributed by atoms with Crippen molar-refractivity contribution < 1.29 is 14.7 Å². The normalized spacial score (nSPS) is 10.4. The van der Waals surface area contributed by atoms with Crippen LogP contribution < -0.4 is 5.32 Å². The van der Waals surface area contributed by atoms with Crippen molar-refractivity contribution in [3.05, 3.63) is 28.2 Å². The van der Waals surface area contributed by atoms with Crippen molar-refractivity contribution in [2.45, 2.75) is 26.2 Å². The molecular weight excluding hydrogens is 327 g/mol. The summed E-state index contributed by atoms with van der Waals surface area (Å²) in [6.07, 6.45) is 2.76. The highest BCUT2D eigenvalue weighted by Gasteiger charge is 2.21. The van der Waals surface area contributed by atoms with Crippen LogP contribution in [0.2, 0.25) is 10.0 Å². The van der Waals surface area contributed by atoms with Crippen LogP contribution in [0.3, 0.4) is 0 Å². The average molecular weight is 347 g/mol. The number of nitrogens with zero attached hydrogens (tertiary/aromatic N) is 1. The van der Waals surface area contributed by atoms with E-state index in [4.69, 9.17) is 28.3 Å². The molecule has 0 heterocycles. The first-order valence-corrected chi connectivity index (χ1v) is 7.90. The summed E-state index contributed by atoms with van der Waals surface area (Å²) in [4.78, 5) is 25.5. The first-order chi connectivity index (χ1) is 10.5. The molecule has 1 aromatic rings. The first kappa shape index (κ1) is 18.7. The Hall–Kier alpha value is -1.30. The predicted molar refractivity (Wildman–Crippen MR) is 88.3 cm³/mol. The van der Waals surface area contributed by atoms with Crippen LogP contribution in [0, 0.1) is 0 Å². The molecule has 22 heavy (non-hydrogen) atoms. The van der Waals surface area contributed by atoms with Crippen LogP contribution in [0.1, 0.15) is 26.2 Å². The summed E-state index contributed by atoms with van der Waals surface area (Å²) in [5.74, 6) is -1.45. The van der Waals surface area contributed by atoms with Crippen molar-refractivity contribution >= 4 is 40.7 Å². The lowest BCUT2D eigenvalue weighted by Gasteiger charge is -2.21. The maximum Gasteiger partial charge on any atom is 0.313 e. The quantitative estimate of drug-likeness (QED) is 0.589. The molecule has 0 aliphatic carbocycles. The van der Waals surface area contributed by atoms with Crippen LogP contribution in [-0.4, -0.2) is 41.5 Å². The molecule has 0 unspecified atom stereocenters. The van der Waals surface area contributed by atoms with E-state index in [1.807, 2.05) is 6.92 Å². The van der Waals surface area contributed by atoms with Gasteiger partial charge in [-0.1, -0.05) is 43.0 Å². The highest BCUT2D eigenvalue weighted by molar-refractivity contribution is 6.40. The highest BCUT2D eigenvalue weighted by Crippen LogP contribution is 2.22. The number of amides is 2. The van der Waals surface area contributed by atoms with Gasteiger partial charge in [0.05, 0.1) is 6.61 Å². The van der Waals surface area contributed by atoms with Gasteiger partial charge in [-0.3, -0.25) is 9.59 Å². The molecule has 1 aromatic carbocycles. The van der Waals surface area contributed by atoms with Gasteiger partial charge in [-0.05, 0) is 24.6 Å². The molecule has 0 aliphatic rings. The van der Waals surface area contributed by atoms with Gasteiger partial charge in [-0.15, -0.1) is 0 Å². The van der Waals surface area contributed by atoms with E-state index in [1.54, 1.807) is 0 Å². The molecule has 0 bridgehead atoms. The summed E-state index contributed by atoms with van der Waals surface area (Å²) in [6.45, 7) is 2.44. The molecule has 0 atom stereocenters. The molecule has 0 aromatic heterocycles. The number of benzene rings is 1. The Bertz CT molecular complexity index is 503. The van der Waals surface area contributed by atoms with Crippen molar-refractivity contribution in [2.75, 3.05) is 25.0 Å². The lowest BCUT2D eigenvalue weighted by Crippen LogP contribution is -2.41. The van der Waals surface area contributed by atoms with Gasteiger partial charge in [0, 0.05) is 28.8 Å². The predicted octanol–water partition coefficient (Wildman–Crippen LogP) is 2.94. The van der Waals surface area contributed by atoms with Gasteiger partial charge in [0.15, 0.2) is 0 Å². The molecule has 5 nitrogen and oxygen atoms in total. The van der Waals surface area contributed by atoms with E-state index in [1.165, 1.54) is 23.1 Å². The van der Waals surface area contributed by atoms with Crippen molar-refractivity contribution in [3.63, 3.8) is 0 Å². The zero-order valence-corrected chi connectivity index (χ0v) is 14.0. The molecule has 0 saturated carbocycles. The van der Waals surface area contributed by atoms with Crippen LogP contribution in [0.5, 0.6) is 0 Å². The van der Waals surface area contributed by atoms with Crippen molar-refractivity contribution in [3.8, 4) is 0 Å². The number of unbranched alkanes of at least 4 members (excludes halogenated alkanes) is 2. The summed E-state index contributed by atoms with van der Waals surface area (Å²) in [5, 5.41) is 12.2. The number of hydrogen-bond acceptors (Lipinski definition) is 3. The third-order valence-corrected chi connectivity index (χ3v) is 3.44. The van der Waals surface area contributed by atoms with Gasteiger partial charge in [0.2, 0.25) is 0 Å². The summed E-state index contributed by atoms with van der Waals surface area (Å²) < 4.78 is 0. The van der Waals surface area contributed by atoms with E-state index in [2.05, 4.69) is 5.32 Å². The minimum atomic E-state index is -0.775. The van der Waals surface area contributed by atoms with Gasteiger partial charge >= 0.3 is 11.8 Å².